The van der Waals surface area contributed by atoms with Crippen LogP contribution in [0.2, 0.25) is 0 Å². The Morgan fingerprint density at radius 1 is 1.37 bits per heavy atom. The van der Waals surface area contributed by atoms with Crippen LogP contribution in [-0.2, 0) is 11.3 Å². The van der Waals surface area contributed by atoms with Crippen LogP contribution in [0.25, 0.3) is 0 Å². The number of hydrogen-bond donors (Lipinski definition) is 1. The minimum atomic E-state index is -0.0970. The van der Waals surface area contributed by atoms with Crippen molar-refractivity contribution in [2.45, 2.75) is 13.5 Å². The number of carbonyl (C=O) groups is 1. The van der Waals surface area contributed by atoms with Crippen LogP contribution in [0.1, 0.15) is 16.7 Å². The molecule has 0 atom stereocenters. The zero-order valence-corrected chi connectivity index (χ0v) is 11.9. The normalized spacial score (nSPS) is 16.0. The van der Waals surface area contributed by atoms with E-state index in [0.29, 0.717) is 0 Å². The van der Waals surface area contributed by atoms with Crippen LogP contribution in [0.5, 0.6) is 0 Å². The Kier molecular flexibility index (Phi) is 4.97. The molecule has 1 aliphatic heterocycles. The molecule has 1 aromatic heterocycles. The van der Waals surface area contributed by atoms with Crippen molar-refractivity contribution in [3.8, 4) is 11.8 Å². The number of aliphatic hydroxyl groups is 1. The van der Waals surface area contributed by atoms with E-state index < -0.39 is 0 Å². The zero-order chi connectivity index (χ0) is 13.7. The van der Waals surface area contributed by atoms with Gasteiger partial charge in [0.2, 0.25) is 5.91 Å². The summed E-state index contributed by atoms with van der Waals surface area (Å²) in [5, 5.41) is 8.66. The predicted octanol–water partition coefficient (Wildman–Crippen LogP) is 0.756. The number of nitrogens with zero attached hydrogens (tertiary/aromatic N) is 2. The molecular formula is C14H18N2O2S. The van der Waals surface area contributed by atoms with E-state index in [-0.39, 0.29) is 12.5 Å². The van der Waals surface area contributed by atoms with Crippen molar-refractivity contribution in [2.75, 3.05) is 32.8 Å². The van der Waals surface area contributed by atoms with Crippen molar-refractivity contribution in [3.05, 3.63) is 21.9 Å². The molecule has 1 fully saturated rings. The lowest BCUT2D eigenvalue weighted by atomic mass is 10.3. The van der Waals surface area contributed by atoms with E-state index in [2.05, 4.69) is 22.8 Å². The molecule has 4 nitrogen and oxygen atoms in total. The summed E-state index contributed by atoms with van der Waals surface area (Å²) in [5.41, 5.74) is 0. The van der Waals surface area contributed by atoms with E-state index in [1.54, 1.807) is 18.3 Å². The van der Waals surface area contributed by atoms with Gasteiger partial charge in [0.15, 0.2) is 0 Å². The van der Waals surface area contributed by atoms with Crippen LogP contribution in [0, 0.1) is 11.8 Å². The first-order valence-electron chi connectivity index (χ1n) is 6.35. The first-order chi connectivity index (χ1) is 9.19. The third kappa shape index (κ3) is 4.06. The molecule has 102 valence electrons. The van der Waals surface area contributed by atoms with E-state index in [4.69, 9.17) is 5.11 Å². The van der Waals surface area contributed by atoms with E-state index >= 15 is 0 Å². The summed E-state index contributed by atoms with van der Waals surface area (Å²) in [5.74, 6) is 5.74. The summed E-state index contributed by atoms with van der Waals surface area (Å²) < 4.78 is 0. The van der Waals surface area contributed by atoms with Gasteiger partial charge in [-0.2, -0.15) is 0 Å². The minimum Gasteiger partial charge on any atom is -0.384 e. The number of thiophene rings is 1. The fraction of sp³-hybridized carbons (Fsp3) is 0.500. The monoisotopic (exact) mass is 278 g/mol. The second kappa shape index (κ2) is 6.71. The Hall–Kier alpha value is -1.35. The molecule has 0 aromatic carbocycles. The fourth-order valence-electron chi connectivity index (χ4n) is 2.10. The molecule has 2 heterocycles. The summed E-state index contributed by atoms with van der Waals surface area (Å²) in [6.07, 6.45) is 0. The molecule has 1 aromatic rings. The predicted molar refractivity (Wildman–Crippen MR) is 75.8 cm³/mol. The van der Waals surface area contributed by atoms with Gasteiger partial charge < -0.3 is 10.0 Å². The van der Waals surface area contributed by atoms with E-state index in [0.717, 1.165) is 37.6 Å². The number of aliphatic hydroxyl groups excluding tert-OH is 1. The van der Waals surface area contributed by atoms with Gasteiger partial charge in [-0.25, -0.2) is 0 Å². The lowest BCUT2D eigenvalue weighted by Crippen LogP contribution is -2.47. The SMILES string of the molecule is CC(=O)N1CCN(Cc2ccc(C#CCO)s2)CC1. The summed E-state index contributed by atoms with van der Waals surface area (Å²) in [7, 11) is 0. The molecule has 2 rings (SSSR count). The third-order valence-corrected chi connectivity index (χ3v) is 4.13. The van der Waals surface area contributed by atoms with Crippen molar-refractivity contribution in [3.63, 3.8) is 0 Å². The molecule has 5 heteroatoms. The summed E-state index contributed by atoms with van der Waals surface area (Å²) in [4.78, 5) is 17.8. The van der Waals surface area contributed by atoms with Gasteiger partial charge >= 0.3 is 0 Å². The third-order valence-electron chi connectivity index (χ3n) is 3.15. The largest absolute Gasteiger partial charge is 0.384 e. The number of amides is 1. The second-order valence-electron chi connectivity index (χ2n) is 4.51. The number of piperazine rings is 1. The standard InChI is InChI=1S/C14H18N2O2S/c1-12(18)16-8-6-15(7-9-16)11-14-5-4-13(19-14)3-2-10-17/h4-5,17H,6-11H2,1H3. The summed E-state index contributed by atoms with van der Waals surface area (Å²) in [6, 6.07) is 4.08. The highest BCUT2D eigenvalue weighted by Gasteiger charge is 2.18. The van der Waals surface area contributed by atoms with Crippen LogP contribution >= 0.6 is 11.3 Å². The lowest BCUT2D eigenvalue weighted by molar-refractivity contribution is -0.130. The number of hydrogen-bond acceptors (Lipinski definition) is 4. The molecule has 0 saturated carbocycles. The number of carbonyl (C=O) groups excluding carboxylic acids is 1. The van der Waals surface area contributed by atoms with Crippen molar-refractivity contribution < 1.29 is 9.90 Å². The Balaban J connectivity index is 1.85. The Morgan fingerprint density at radius 3 is 2.74 bits per heavy atom. The summed E-state index contributed by atoms with van der Waals surface area (Å²) in [6.45, 7) is 5.93. The summed E-state index contributed by atoms with van der Waals surface area (Å²) >= 11 is 1.67. The minimum absolute atomic E-state index is 0.0970. The maximum atomic E-state index is 11.2. The van der Waals surface area contributed by atoms with E-state index in [1.165, 1.54) is 4.88 Å². The molecule has 1 aliphatic rings. The van der Waals surface area contributed by atoms with Gasteiger partial charge in [0.1, 0.15) is 6.61 Å². The highest BCUT2D eigenvalue weighted by atomic mass is 32.1. The van der Waals surface area contributed by atoms with Crippen LogP contribution in [-0.4, -0.2) is 53.6 Å². The highest BCUT2D eigenvalue weighted by Crippen LogP contribution is 2.18. The fourth-order valence-corrected chi connectivity index (χ4v) is 3.02. The van der Waals surface area contributed by atoms with Crippen molar-refractivity contribution in [1.29, 1.82) is 0 Å². The molecule has 0 unspecified atom stereocenters. The zero-order valence-electron chi connectivity index (χ0n) is 11.1. The second-order valence-corrected chi connectivity index (χ2v) is 5.68. The van der Waals surface area contributed by atoms with Crippen LogP contribution < -0.4 is 0 Å². The lowest BCUT2D eigenvalue weighted by Gasteiger charge is -2.33. The molecule has 1 N–H and O–H groups in total. The molecule has 19 heavy (non-hydrogen) atoms. The highest BCUT2D eigenvalue weighted by molar-refractivity contribution is 7.12. The Bertz CT molecular complexity index is 493. The smallest absolute Gasteiger partial charge is 0.219 e. The van der Waals surface area contributed by atoms with Crippen molar-refractivity contribution >= 4 is 17.2 Å². The average Bonchev–Trinajstić information content (AvgIpc) is 2.84. The van der Waals surface area contributed by atoms with Gasteiger partial charge in [0, 0.05) is 44.5 Å². The molecule has 0 radical (unpaired) electrons. The van der Waals surface area contributed by atoms with Gasteiger partial charge in [-0.05, 0) is 12.1 Å². The van der Waals surface area contributed by atoms with Crippen molar-refractivity contribution in [1.82, 2.24) is 9.80 Å². The topological polar surface area (TPSA) is 43.8 Å². The van der Waals surface area contributed by atoms with Gasteiger partial charge in [-0.3, -0.25) is 9.69 Å². The van der Waals surface area contributed by atoms with Crippen LogP contribution in [0.4, 0.5) is 0 Å². The van der Waals surface area contributed by atoms with Gasteiger partial charge in [-0.1, -0.05) is 11.8 Å². The van der Waals surface area contributed by atoms with Gasteiger partial charge in [-0.15, -0.1) is 11.3 Å². The van der Waals surface area contributed by atoms with E-state index in [1.807, 2.05) is 11.0 Å². The maximum absolute atomic E-state index is 11.2. The molecular weight excluding hydrogens is 260 g/mol. The van der Waals surface area contributed by atoms with Crippen LogP contribution in [0.15, 0.2) is 12.1 Å². The first-order valence-corrected chi connectivity index (χ1v) is 7.17. The molecule has 1 amide bonds. The molecule has 1 saturated heterocycles. The maximum Gasteiger partial charge on any atom is 0.219 e. The van der Waals surface area contributed by atoms with E-state index in [9.17, 15) is 4.79 Å². The molecule has 0 bridgehead atoms. The van der Waals surface area contributed by atoms with Crippen molar-refractivity contribution in [2.24, 2.45) is 0 Å². The molecule has 0 aliphatic carbocycles. The molecule has 0 spiro atoms. The quantitative estimate of drug-likeness (QED) is 0.812. The Morgan fingerprint density at radius 2 is 2.11 bits per heavy atom. The number of rotatable bonds is 2. The average molecular weight is 278 g/mol. The van der Waals surface area contributed by atoms with Crippen LogP contribution in [0.3, 0.4) is 0 Å². The van der Waals surface area contributed by atoms with Gasteiger partial charge in [0.25, 0.3) is 0 Å². The first kappa shape index (κ1) is 14.1. The Labute approximate surface area is 117 Å². The van der Waals surface area contributed by atoms with Gasteiger partial charge in [0.05, 0.1) is 4.88 Å².